The zero-order valence-corrected chi connectivity index (χ0v) is 13.6. The molecule has 124 valence electrons. The van der Waals surface area contributed by atoms with Crippen LogP contribution in [0.4, 0.5) is 5.95 Å². The van der Waals surface area contributed by atoms with Crippen LogP contribution in [0.2, 0.25) is 0 Å². The molecule has 23 heavy (non-hydrogen) atoms. The normalized spacial score (nSPS) is 15.5. The molecule has 0 unspecified atom stereocenters. The van der Waals surface area contributed by atoms with Crippen molar-refractivity contribution in [3.8, 4) is 11.6 Å². The number of rotatable bonds is 5. The molecule has 0 spiro atoms. The van der Waals surface area contributed by atoms with Gasteiger partial charge in [-0.25, -0.2) is 4.98 Å². The molecular weight excluding hydrogens is 322 g/mol. The molecule has 0 amide bonds. The highest BCUT2D eigenvalue weighted by molar-refractivity contribution is 7.85. The number of aryl methyl sites for hydroxylation is 1. The first-order chi connectivity index (χ1) is 10.9. The van der Waals surface area contributed by atoms with E-state index in [4.69, 9.17) is 9.29 Å². The highest BCUT2D eigenvalue weighted by Gasteiger charge is 2.33. The van der Waals surface area contributed by atoms with Crippen LogP contribution >= 0.6 is 0 Å². The van der Waals surface area contributed by atoms with E-state index in [1.54, 1.807) is 19.4 Å². The van der Waals surface area contributed by atoms with E-state index < -0.39 is 10.1 Å². The van der Waals surface area contributed by atoms with Crippen LogP contribution in [0.5, 0.6) is 5.88 Å². The summed E-state index contributed by atoms with van der Waals surface area (Å²) in [4.78, 5) is 6.09. The molecule has 0 saturated carbocycles. The number of aromatic nitrogens is 4. The van der Waals surface area contributed by atoms with Gasteiger partial charge in [0.1, 0.15) is 5.82 Å². The van der Waals surface area contributed by atoms with E-state index in [0.717, 1.165) is 5.69 Å². The molecule has 10 heteroatoms. The van der Waals surface area contributed by atoms with E-state index in [-0.39, 0.29) is 11.7 Å². The molecule has 2 aromatic rings. The molecule has 1 aliphatic heterocycles. The van der Waals surface area contributed by atoms with Gasteiger partial charge in [-0.05, 0) is 13.0 Å². The lowest BCUT2D eigenvalue weighted by atomic mass is 10.0. The fraction of sp³-hybridized carbons (Fsp3) is 0.462. The summed E-state index contributed by atoms with van der Waals surface area (Å²) in [5, 5.41) is 8.24. The van der Waals surface area contributed by atoms with E-state index in [1.165, 1.54) is 0 Å². The largest absolute Gasteiger partial charge is 0.481 e. The summed E-state index contributed by atoms with van der Waals surface area (Å²) in [5.74, 6) is 1.50. The number of pyridine rings is 1. The van der Waals surface area contributed by atoms with E-state index in [1.807, 2.05) is 22.5 Å². The molecule has 0 aliphatic carbocycles. The van der Waals surface area contributed by atoms with Crippen molar-refractivity contribution in [1.82, 2.24) is 19.7 Å². The SMILES string of the molecule is COc1ccc(-n2c(C)nnc2N2CC(CS(=O)(=O)O)C2)cn1. The van der Waals surface area contributed by atoms with Gasteiger partial charge in [-0.1, -0.05) is 0 Å². The fourth-order valence-electron chi connectivity index (χ4n) is 2.62. The number of hydrogen-bond acceptors (Lipinski definition) is 7. The third-order valence-electron chi connectivity index (χ3n) is 3.68. The maximum atomic E-state index is 10.9. The van der Waals surface area contributed by atoms with Gasteiger partial charge in [0.2, 0.25) is 11.8 Å². The highest BCUT2D eigenvalue weighted by atomic mass is 32.2. The van der Waals surface area contributed by atoms with Gasteiger partial charge < -0.3 is 9.64 Å². The Kier molecular flexibility index (Phi) is 3.94. The predicted octanol–water partition coefficient (Wildman–Crippen LogP) is 0.303. The summed E-state index contributed by atoms with van der Waals surface area (Å²) in [6.07, 6.45) is 1.66. The predicted molar refractivity (Wildman–Crippen MR) is 82.6 cm³/mol. The molecule has 3 rings (SSSR count). The minimum atomic E-state index is -3.95. The number of anilines is 1. The molecular formula is C13H17N5O4S. The smallest absolute Gasteiger partial charge is 0.265 e. The van der Waals surface area contributed by atoms with Gasteiger partial charge in [0.05, 0.1) is 24.7 Å². The van der Waals surface area contributed by atoms with Crippen LogP contribution in [-0.2, 0) is 10.1 Å². The lowest BCUT2D eigenvalue weighted by molar-refractivity contribution is 0.397. The Morgan fingerprint density at radius 1 is 1.35 bits per heavy atom. The Labute approximate surface area is 133 Å². The molecule has 2 aromatic heterocycles. The van der Waals surface area contributed by atoms with Gasteiger partial charge in [0.25, 0.3) is 10.1 Å². The van der Waals surface area contributed by atoms with Gasteiger partial charge in [0.15, 0.2) is 0 Å². The first kappa shape index (κ1) is 15.7. The molecule has 1 aliphatic rings. The quantitative estimate of drug-likeness (QED) is 0.775. The van der Waals surface area contributed by atoms with Crippen LogP contribution in [0.3, 0.4) is 0 Å². The minimum Gasteiger partial charge on any atom is -0.481 e. The Hall–Kier alpha value is -2.20. The Bertz CT molecular complexity index is 796. The van der Waals surface area contributed by atoms with Gasteiger partial charge in [-0.2, -0.15) is 8.42 Å². The first-order valence-corrected chi connectivity index (χ1v) is 8.61. The summed E-state index contributed by atoms with van der Waals surface area (Å²) < 4.78 is 37.6. The number of methoxy groups -OCH3 is 1. The van der Waals surface area contributed by atoms with Crippen LogP contribution in [-0.4, -0.2) is 58.7 Å². The molecule has 0 aromatic carbocycles. The molecule has 3 heterocycles. The van der Waals surface area contributed by atoms with E-state index in [0.29, 0.717) is 30.7 Å². The van der Waals surface area contributed by atoms with E-state index in [9.17, 15) is 8.42 Å². The molecule has 1 N–H and O–H groups in total. The zero-order valence-electron chi connectivity index (χ0n) is 12.7. The van der Waals surface area contributed by atoms with Crippen molar-refractivity contribution in [2.75, 3.05) is 30.9 Å². The van der Waals surface area contributed by atoms with E-state index in [2.05, 4.69) is 15.2 Å². The molecule has 1 saturated heterocycles. The van der Waals surface area contributed by atoms with Crippen molar-refractivity contribution in [3.63, 3.8) is 0 Å². The zero-order chi connectivity index (χ0) is 16.6. The summed E-state index contributed by atoms with van der Waals surface area (Å²) >= 11 is 0. The summed E-state index contributed by atoms with van der Waals surface area (Å²) in [6, 6.07) is 3.59. The molecule has 0 radical (unpaired) electrons. The van der Waals surface area contributed by atoms with Crippen molar-refractivity contribution >= 4 is 16.1 Å². The molecule has 1 fully saturated rings. The molecule has 0 atom stereocenters. The third kappa shape index (κ3) is 3.27. The Balaban J connectivity index is 1.80. The standard InChI is InChI=1S/C13H17N5O4S/c1-9-15-16-13(17-6-10(7-17)8-23(19,20)21)18(9)11-3-4-12(22-2)14-5-11/h3-5,10H,6-8H2,1-2H3,(H,19,20,21). The number of nitrogens with zero attached hydrogens (tertiary/aromatic N) is 5. The van der Waals surface area contributed by atoms with Gasteiger partial charge in [-0.15, -0.1) is 10.2 Å². The number of ether oxygens (including phenoxy) is 1. The van der Waals surface area contributed by atoms with Gasteiger partial charge in [0, 0.05) is 25.1 Å². The van der Waals surface area contributed by atoms with Crippen LogP contribution in [0.15, 0.2) is 18.3 Å². The van der Waals surface area contributed by atoms with Gasteiger partial charge >= 0.3 is 0 Å². The average Bonchev–Trinajstić information content (AvgIpc) is 2.83. The summed E-state index contributed by atoms with van der Waals surface area (Å²) in [5.41, 5.74) is 0.793. The van der Waals surface area contributed by atoms with Crippen molar-refractivity contribution in [2.24, 2.45) is 5.92 Å². The lowest BCUT2D eigenvalue weighted by Crippen LogP contribution is -2.50. The Morgan fingerprint density at radius 2 is 2.09 bits per heavy atom. The maximum absolute atomic E-state index is 10.9. The first-order valence-electron chi connectivity index (χ1n) is 7.00. The number of hydrogen-bond donors (Lipinski definition) is 1. The van der Waals surface area contributed by atoms with Crippen LogP contribution in [0, 0.1) is 12.8 Å². The minimum absolute atomic E-state index is 0.107. The highest BCUT2D eigenvalue weighted by Crippen LogP contribution is 2.27. The van der Waals surface area contributed by atoms with E-state index >= 15 is 0 Å². The second-order valence-corrected chi connectivity index (χ2v) is 6.96. The summed E-state index contributed by atoms with van der Waals surface area (Å²) in [7, 11) is -2.40. The van der Waals surface area contributed by atoms with Crippen LogP contribution in [0.1, 0.15) is 5.82 Å². The van der Waals surface area contributed by atoms with Crippen LogP contribution < -0.4 is 9.64 Å². The molecule has 9 nitrogen and oxygen atoms in total. The van der Waals surface area contributed by atoms with Crippen LogP contribution in [0.25, 0.3) is 5.69 Å². The average molecular weight is 339 g/mol. The van der Waals surface area contributed by atoms with Crippen molar-refractivity contribution < 1.29 is 17.7 Å². The van der Waals surface area contributed by atoms with Gasteiger partial charge in [-0.3, -0.25) is 9.12 Å². The van der Waals surface area contributed by atoms with Crippen molar-refractivity contribution in [2.45, 2.75) is 6.92 Å². The second kappa shape index (κ2) is 5.78. The van der Waals surface area contributed by atoms with Crippen molar-refractivity contribution in [3.05, 3.63) is 24.2 Å². The lowest BCUT2D eigenvalue weighted by Gasteiger charge is -2.39. The second-order valence-electron chi connectivity index (χ2n) is 5.46. The molecule has 0 bridgehead atoms. The topological polar surface area (TPSA) is 110 Å². The Morgan fingerprint density at radius 3 is 2.65 bits per heavy atom. The third-order valence-corrected chi connectivity index (χ3v) is 4.57. The summed E-state index contributed by atoms with van der Waals surface area (Å²) in [6.45, 7) is 2.83. The monoisotopic (exact) mass is 339 g/mol. The van der Waals surface area contributed by atoms with Crippen molar-refractivity contribution in [1.29, 1.82) is 0 Å². The maximum Gasteiger partial charge on any atom is 0.265 e. The fourth-order valence-corrected chi connectivity index (χ4v) is 3.43.